The highest BCUT2D eigenvalue weighted by molar-refractivity contribution is 9.10. The van der Waals surface area contributed by atoms with Gasteiger partial charge in [-0.3, -0.25) is 0 Å². The summed E-state index contributed by atoms with van der Waals surface area (Å²) in [6.45, 7) is 2.50. The Hall–Kier alpha value is -1.40. The minimum atomic E-state index is 0.436. The van der Waals surface area contributed by atoms with Gasteiger partial charge < -0.3 is 10.5 Å². The van der Waals surface area contributed by atoms with Crippen molar-refractivity contribution in [3.05, 3.63) is 39.3 Å². The predicted octanol–water partition coefficient (Wildman–Crippen LogP) is 3.42. The van der Waals surface area contributed by atoms with E-state index >= 15 is 0 Å². The van der Waals surface area contributed by atoms with Crippen LogP contribution < -0.4 is 5.73 Å². The first kappa shape index (κ1) is 13.0. The summed E-state index contributed by atoms with van der Waals surface area (Å²) in [5.74, 6) is 0.689. The molecule has 1 aromatic heterocycles. The molecule has 0 atom stereocenters. The highest BCUT2D eigenvalue weighted by Crippen LogP contribution is 2.24. The smallest absolute Gasteiger partial charge is 0.203 e. The van der Waals surface area contributed by atoms with Gasteiger partial charge in [0.05, 0.1) is 6.61 Å². The van der Waals surface area contributed by atoms with Crippen LogP contribution in [-0.2, 0) is 4.74 Å². The molecule has 0 aliphatic rings. The van der Waals surface area contributed by atoms with Crippen LogP contribution in [0.1, 0.15) is 17.5 Å². The summed E-state index contributed by atoms with van der Waals surface area (Å²) in [6.07, 6.45) is 1.93. The molecule has 0 amide bonds. The lowest BCUT2D eigenvalue weighted by Gasteiger charge is -2.05. The number of hydrogen-bond donors (Lipinski definition) is 1. The van der Waals surface area contributed by atoms with Gasteiger partial charge in [-0.1, -0.05) is 39.4 Å². The molecule has 0 fully saturated rings. The second-order valence-corrected chi connectivity index (χ2v) is 5.36. The van der Waals surface area contributed by atoms with E-state index in [1.807, 2.05) is 37.3 Å². The van der Waals surface area contributed by atoms with Crippen molar-refractivity contribution in [2.75, 3.05) is 12.3 Å². The van der Waals surface area contributed by atoms with Gasteiger partial charge in [0.25, 0.3) is 0 Å². The zero-order chi connectivity index (χ0) is 13.0. The van der Waals surface area contributed by atoms with E-state index in [4.69, 9.17) is 10.5 Å². The van der Waals surface area contributed by atoms with E-state index in [9.17, 15) is 0 Å². The number of halogens is 1. The minimum Gasteiger partial charge on any atom is -0.491 e. The molecular weight excluding hydrogens is 314 g/mol. The quantitative estimate of drug-likeness (QED) is 0.875. The maximum atomic E-state index is 5.58. The normalized spacial score (nSPS) is 11.6. The van der Waals surface area contributed by atoms with E-state index < -0.39 is 0 Å². The van der Waals surface area contributed by atoms with Gasteiger partial charge in [-0.25, -0.2) is 0 Å². The summed E-state index contributed by atoms with van der Waals surface area (Å²) in [6, 6.07) is 7.94. The third-order valence-electron chi connectivity index (χ3n) is 2.12. The Morgan fingerprint density at radius 1 is 1.39 bits per heavy atom. The van der Waals surface area contributed by atoms with Crippen LogP contribution in [0.15, 0.2) is 28.7 Å². The molecule has 0 aliphatic carbocycles. The molecule has 0 saturated carbocycles. The summed E-state index contributed by atoms with van der Waals surface area (Å²) in [5, 5.41) is 8.91. The highest BCUT2D eigenvalue weighted by atomic mass is 79.9. The monoisotopic (exact) mass is 325 g/mol. The molecule has 2 aromatic rings. The number of nitrogen functional groups attached to an aromatic ring is 1. The molecule has 2 N–H and O–H groups in total. The molecule has 94 valence electrons. The molecule has 6 heteroatoms. The van der Waals surface area contributed by atoms with Crippen LogP contribution in [0.25, 0.3) is 11.8 Å². The molecule has 0 radical (unpaired) electrons. The van der Waals surface area contributed by atoms with Gasteiger partial charge in [-0.2, -0.15) is 0 Å². The van der Waals surface area contributed by atoms with Crippen molar-refractivity contribution < 1.29 is 4.74 Å². The predicted molar refractivity (Wildman–Crippen MR) is 78.0 cm³/mol. The average molecular weight is 326 g/mol. The van der Waals surface area contributed by atoms with Crippen LogP contribution in [0.4, 0.5) is 5.13 Å². The van der Waals surface area contributed by atoms with Gasteiger partial charge in [-0.05, 0) is 30.7 Å². The Labute approximate surface area is 118 Å². The van der Waals surface area contributed by atoms with Crippen LogP contribution in [0.2, 0.25) is 0 Å². The molecule has 0 bridgehead atoms. The first-order chi connectivity index (χ1) is 8.69. The van der Waals surface area contributed by atoms with Crippen LogP contribution in [0.5, 0.6) is 0 Å². The number of aromatic nitrogens is 2. The second-order valence-electron chi connectivity index (χ2n) is 3.44. The molecule has 0 spiro atoms. The molecule has 1 heterocycles. The fourth-order valence-corrected chi connectivity index (χ4v) is 2.21. The summed E-state index contributed by atoms with van der Waals surface area (Å²) >= 11 is 4.71. The van der Waals surface area contributed by atoms with E-state index in [-0.39, 0.29) is 0 Å². The highest BCUT2D eigenvalue weighted by Gasteiger charge is 2.09. The fraction of sp³-hybridized carbons (Fsp3) is 0.167. The topological polar surface area (TPSA) is 61.0 Å². The van der Waals surface area contributed by atoms with E-state index in [1.165, 1.54) is 11.3 Å². The van der Waals surface area contributed by atoms with E-state index in [1.54, 1.807) is 0 Å². The third-order valence-corrected chi connectivity index (χ3v) is 3.41. The number of rotatable bonds is 4. The lowest BCUT2D eigenvalue weighted by Crippen LogP contribution is -1.91. The molecule has 0 saturated heterocycles. The van der Waals surface area contributed by atoms with Gasteiger partial charge in [0.15, 0.2) is 10.8 Å². The van der Waals surface area contributed by atoms with Crippen LogP contribution in [0, 0.1) is 0 Å². The van der Waals surface area contributed by atoms with Crippen LogP contribution in [-0.4, -0.2) is 16.8 Å². The van der Waals surface area contributed by atoms with Gasteiger partial charge in [0.2, 0.25) is 5.13 Å². The first-order valence-electron chi connectivity index (χ1n) is 5.38. The Kier molecular flexibility index (Phi) is 4.33. The summed E-state index contributed by atoms with van der Waals surface area (Å²) < 4.78 is 6.62. The van der Waals surface area contributed by atoms with E-state index in [2.05, 4.69) is 26.1 Å². The number of nitrogens with zero attached hydrogens (tertiary/aromatic N) is 2. The van der Waals surface area contributed by atoms with Crippen molar-refractivity contribution >= 4 is 44.2 Å². The van der Waals surface area contributed by atoms with Crippen molar-refractivity contribution in [3.63, 3.8) is 0 Å². The lowest BCUT2D eigenvalue weighted by molar-refractivity contribution is 0.300. The summed E-state index contributed by atoms with van der Waals surface area (Å²) in [7, 11) is 0. The van der Waals surface area contributed by atoms with Crippen LogP contribution >= 0.6 is 27.3 Å². The SMILES string of the molecule is CCO/C(=C\c1ccc(Br)cc1)c1nnc(N)s1. The van der Waals surface area contributed by atoms with Crippen molar-refractivity contribution in [1.29, 1.82) is 0 Å². The Bertz CT molecular complexity index is 551. The maximum Gasteiger partial charge on any atom is 0.203 e. The first-order valence-corrected chi connectivity index (χ1v) is 6.99. The van der Waals surface area contributed by atoms with Gasteiger partial charge in [0.1, 0.15) is 0 Å². The number of anilines is 1. The molecule has 0 unspecified atom stereocenters. The average Bonchev–Trinajstić information content (AvgIpc) is 2.78. The van der Waals surface area contributed by atoms with Crippen molar-refractivity contribution in [2.24, 2.45) is 0 Å². The minimum absolute atomic E-state index is 0.436. The lowest BCUT2D eigenvalue weighted by atomic mass is 10.2. The molecular formula is C12H12BrN3OS. The maximum absolute atomic E-state index is 5.58. The van der Waals surface area contributed by atoms with Gasteiger partial charge in [0, 0.05) is 4.47 Å². The third kappa shape index (κ3) is 3.30. The number of ether oxygens (including phenoxy) is 1. The van der Waals surface area contributed by atoms with Crippen molar-refractivity contribution in [1.82, 2.24) is 10.2 Å². The van der Waals surface area contributed by atoms with Crippen molar-refractivity contribution in [2.45, 2.75) is 6.92 Å². The second kappa shape index (κ2) is 5.97. The van der Waals surface area contributed by atoms with Crippen molar-refractivity contribution in [3.8, 4) is 0 Å². The van der Waals surface area contributed by atoms with Gasteiger partial charge >= 0.3 is 0 Å². The summed E-state index contributed by atoms with van der Waals surface area (Å²) in [4.78, 5) is 0. The standard InChI is InChI=1S/C12H12BrN3OS/c1-2-17-10(11-15-16-12(14)18-11)7-8-3-5-9(13)6-4-8/h3-7H,2H2,1H3,(H2,14,16)/b10-7-. The van der Waals surface area contributed by atoms with E-state index in [0.717, 1.165) is 10.0 Å². The number of benzene rings is 1. The Morgan fingerprint density at radius 2 is 2.11 bits per heavy atom. The van der Waals surface area contributed by atoms with Crippen LogP contribution in [0.3, 0.4) is 0 Å². The molecule has 1 aromatic carbocycles. The molecule has 2 rings (SSSR count). The largest absolute Gasteiger partial charge is 0.491 e. The Morgan fingerprint density at radius 3 is 2.67 bits per heavy atom. The summed E-state index contributed by atoms with van der Waals surface area (Å²) in [5.41, 5.74) is 6.62. The zero-order valence-electron chi connectivity index (χ0n) is 9.76. The number of hydrogen-bond acceptors (Lipinski definition) is 5. The fourth-order valence-electron chi connectivity index (χ4n) is 1.37. The zero-order valence-corrected chi connectivity index (χ0v) is 12.2. The molecule has 4 nitrogen and oxygen atoms in total. The van der Waals surface area contributed by atoms with Gasteiger partial charge in [-0.15, -0.1) is 10.2 Å². The molecule has 0 aliphatic heterocycles. The Balaban J connectivity index is 2.32. The van der Waals surface area contributed by atoms with E-state index in [0.29, 0.717) is 22.5 Å². The molecule has 18 heavy (non-hydrogen) atoms. The number of nitrogens with two attached hydrogens (primary N) is 1.